The largest absolute Gasteiger partial charge is 0.368 e. The number of hydrogen-bond acceptors (Lipinski definition) is 3. The first kappa shape index (κ1) is 16.6. The second-order valence-electron chi connectivity index (χ2n) is 6.48. The second-order valence-corrected chi connectivity index (χ2v) is 6.48. The Labute approximate surface area is 141 Å². The average molecular weight is 330 g/mol. The number of likely N-dealkylation sites (tertiary alicyclic amines) is 1. The summed E-state index contributed by atoms with van der Waals surface area (Å²) in [7, 11) is 0. The molecule has 0 bridgehead atoms. The van der Waals surface area contributed by atoms with Gasteiger partial charge >= 0.3 is 0 Å². The fourth-order valence-corrected chi connectivity index (χ4v) is 3.51. The van der Waals surface area contributed by atoms with E-state index in [4.69, 9.17) is 5.73 Å². The molecule has 0 unspecified atom stereocenters. The van der Waals surface area contributed by atoms with E-state index in [1.54, 1.807) is 12.1 Å². The van der Waals surface area contributed by atoms with Gasteiger partial charge in [0.25, 0.3) is 0 Å². The number of nitrogens with zero attached hydrogens (tertiary/aromatic N) is 3. The number of primary amides is 1. The fraction of sp³-hybridized carbons (Fsp3) is 0.444. The van der Waals surface area contributed by atoms with Gasteiger partial charge in [-0.25, -0.2) is 4.39 Å². The van der Waals surface area contributed by atoms with Crippen LogP contribution >= 0.6 is 0 Å². The van der Waals surface area contributed by atoms with Crippen LogP contribution in [0.15, 0.2) is 36.7 Å². The average Bonchev–Trinajstić information content (AvgIpc) is 2.96. The van der Waals surface area contributed by atoms with Crippen molar-refractivity contribution >= 4 is 5.91 Å². The Morgan fingerprint density at radius 2 is 2.12 bits per heavy atom. The molecule has 128 valence electrons. The number of piperidine rings is 1. The summed E-state index contributed by atoms with van der Waals surface area (Å²) in [5, 5.41) is 4.36. The maximum absolute atomic E-state index is 13.2. The molecule has 1 aromatic carbocycles. The first-order valence-corrected chi connectivity index (χ1v) is 8.34. The molecule has 0 radical (unpaired) electrons. The summed E-state index contributed by atoms with van der Waals surface area (Å²) >= 11 is 0. The number of rotatable bonds is 5. The Hall–Kier alpha value is -2.21. The molecule has 24 heavy (non-hydrogen) atoms. The van der Waals surface area contributed by atoms with Gasteiger partial charge in [0.15, 0.2) is 0 Å². The number of nitrogens with two attached hydrogens (primary N) is 1. The van der Waals surface area contributed by atoms with Crippen molar-refractivity contribution in [1.29, 1.82) is 0 Å². The molecule has 2 atom stereocenters. The molecule has 0 aliphatic carbocycles. The lowest BCUT2D eigenvalue weighted by Gasteiger charge is -2.40. The number of benzene rings is 1. The first-order valence-electron chi connectivity index (χ1n) is 8.34. The molecule has 1 aromatic heterocycles. The highest BCUT2D eigenvalue weighted by molar-refractivity contribution is 5.81. The zero-order valence-corrected chi connectivity index (χ0v) is 13.9. The van der Waals surface area contributed by atoms with E-state index in [2.05, 4.69) is 10.00 Å². The highest BCUT2D eigenvalue weighted by Crippen LogP contribution is 2.29. The number of aromatic nitrogens is 2. The Kier molecular flexibility index (Phi) is 4.94. The Bertz CT molecular complexity index is 697. The minimum Gasteiger partial charge on any atom is -0.368 e. The van der Waals surface area contributed by atoms with Gasteiger partial charge in [0.05, 0.1) is 12.7 Å². The molecule has 5 nitrogen and oxygen atoms in total. The monoisotopic (exact) mass is 330 g/mol. The van der Waals surface area contributed by atoms with Crippen molar-refractivity contribution in [2.24, 2.45) is 5.73 Å². The Balaban J connectivity index is 1.85. The Morgan fingerprint density at radius 1 is 1.38 bits per heavy atom. The molecule has 1 aliphatic rings. The summed E-state index contributed by atoms with van der Waals surface area (Å²) in [6.07, 6.45) is 6.97. The fourth-order valence-electron chi connectivity index (χ4n) is 3.51. The summed E-state index contributed by atoms with van der Waals surface area (Å²) in [5.41, 5.74) is 7.56. The molecule has 6 heteroatoms. The van der Waals surface area contributed by atoms with Crippen LogP contribution in [0, 0.1) is 12.7 Å². The molecule has 3 rings (SSSR count). The quantitative estimate of drug-likeness (QED) is 0.916. The third-order valence-corrected chi connectivity index (χ3v) is 4.62. The Morgan fingerprint density at radius 3 is 2.75 bits per heavy atom. The zero-order valence-electron chi connectivity index (χ0n) is 13.9. The minimum absolute atomic E-state index is 0.181. The van der Waals surface area contributed by atoms with Gasteiger partial charge in [-0.2, -0.15) is 5.10 Å². The second kappa shape index (κ2) is 7.13. The highest BCUT2D eigenvalue weighted by atomic mass is 19.1. The van der Waals surface area contributed by atoms with Crippen LogP contribution in [0.5, 0.6) is 0 Å². The molecule has 2 heterocycles. The summed E-state index contributed by atoms with van der Waals surface area (Å²) < 4.78 is 15.1. The number of carbonyl (C=O) groups is 1. The molecule has 0 spiro atoms. The van der Waals surface area contributed by atoms with Crippen molar-refractivity contribution in [3.8, 4) is 0 Å². The number of carbonyl (C=O) groups excluding carboxylic acids is 1. The van der Waals surface area contributed by atoms with Crippen LogP contribution in [0.4, 0.5) is 4.39 Å². The predicted octanol–water partition coefficient (Wildman–Crippen LogP) is 2.41. The molecule has 2 N–H and O–H groups in total. The molecule has 1 fully saturated rings. The van der Waals surface area contributed by atoms with Gasteiger partial charge in [0, 0.05) is 12.2 Å². The van der Waals surface area contributed by atoms with Gasteiger partial charge in [0.2, 0.25) is 5.91 Å². The molecule has 2 aromatic rings. The zero-order chi connectivity index (χ0) is 17.1. The third-order valence-electron chi connectivity index (χ3n) is 4.62. The molecule has 1 saturated heterocycles. The van der Waals surface area contributed by atoms with E-state index in [1.165, 1.54) is 12.1 Å². The van der Waals surface area contributed by atoms with Crippen molar-refractivity contribution in [1.82, 2.24) is 14.7 Å². The molecular formula is C18H23FN4O. The van der Waals surface area contributed by atoms with Crippen molar-refractivity contribution in [2.75, 3.05) is 6.54 Å². The first-order chi connectivity index (χ1) is 11.5. The van der Waals surface area contributed by atoms with Crippen LogP contribution in [-0.2, 0) is 11.3 Å². The van der Waals surface area contributed by atoms with Crippen molar-refractivity contribution in [3.63, 3.8) is 0 Å². The van der Waals surface area contributed by atoms with E-state index in [1.807, 2.05) is 24.0 Å². The van der Waals surface area contributed by atoms with Crippen molar-refractivity contribution < 1.29 is 9.18 Å². The van der Waals surface area contributed by atoms with E-state index in [0.717, 1.165) is 43.5 Å². The minimum atomic E-state index is -0.535. The van der Waals surface area contributed by atoms with Gasteiger partial charge < -0.3 is 5.73 Å². The number of aryl methyl sites for hydroxylation is 1. The maximum atomic E-state index is 13.2. The van der Waals surface area contributed by atoms with Crippen LogP contribution in [0.2, 0.25) is 0 Å². The van der Waals surface area contributed by atoms with Crippen LogP contribution in [0.3, 0.4) is 0 Å². The summed E-state index contributed by atoms with van der Waals surface area (Å²) in [5.74, 6) is -0.714. The van der Waals surface area contributed by atoms with Crippen LogP contribution in [0.25, 0.3) is 0 Å². The SMILES string of the molecule is Cc1cnn(C[C@@H]2CCCCN2[C@H](C(N)=O)c2ccc(F)cc2)c1. The smallest absolute Gasteiger partial charge is 0.239 e. The molecule has 1 amide bonds. The van der Waals surface area contributed by atoms with Gasteiger partial charge in [-0.05, 0) is 49.6 Å². The van der Waals surface area contributed by atoms with E-state index in [-0.39, 0.29) is 11.9 Å². The number of amides is 1. The lowest BCUT2D eigenvalue weighted by Crippen LogP contribution is -2.48. The highest BCUT2D eigenvalue weighted by Gasteiger charge is 2.33. The summed E-state index contributed by atoms with van der Waals surface area (Å²) in [6, 6.07) is 5.69. The van der Waals surface area contributed by atoms with Gasteiger partial charge in [-0.3, -0.25) is 14.4 Å². The van der Waals surface area contributed by atoms with E-state index >= 15 is 0 Å². The van der Waals surface area contributed by atoms with Crippen molar-refractivity contribution in [2.45, 2.75) is 44.8 Å². The van der Waals surface area contributed by atoms with E-state index < -0.39 is 11.9 Å². The van der Waals surface area contributed by atoms with Gasteiger partial charge in [-0.1, -0.05) is 18.6 Å². The van der Waals surface area contributed by atoms with Crippen LogP contribution in [-0.4, -0.2) is 33.2 Å². The number of hydrogen-bond donors (Lipinski definition) is 1. The predicted molar refractivity (Wildman–Crippen MR) is 89.6 cm³/mol. The molecule has 1 aliphatic heterocycles. The van der Waals surface area contributed by atoms with Gasteiger partial charge in [0.1, 0.15) is 11.9 Å². The third kappa shape index (κ3) is 3.64. The standard InChI is InChI=1S/C18H23FN4O/c1-13-10-21-22(11-13)12-16-4-2-3-9-23(16)17(18(20)24)14-5-7-15(19)8-6-14/h5-8,10-11,16-17H,2-4,9,12H2,1H3,(H2,20,24)/t16-,17-/m0/s1. The van der Waals surface area contributed by atoms with E-state index in [9.17, 15) is 9.18 Å². The van der Waals surface area contributed by atoms with E-state index in [0.29, 0.717) is 0 Å². The topological polar surface area (TPSA) is 64.2 Å². The van der Waals surface area contributed by atoms with Crippen molar-refractivity contribution in [3.05, 3.63) is 53.6 Å². The number of halogens is 1. The van der Waals surface area contributed by atoms with Crippen LogP contribution < -0.4 is 5.73 Å². The maximum Gasteiger partial charge on any atom is 0.239 e. The summed E-state index contributed by atoms with van der Waals surface area (Å²) in [6.45, 7) is 3.53. The normalized spacial score (nSPS) is 20.0. The van der Waals surface area contributed by atoms with Gasteiger partial charge in [-0.15, -0.1) is 0 Å². The lowest BCUT2D eigenvalue weighted by molar-refractivity contribution is -0.125. The molecular weight excluding hydrogens is 307 g/mol. The lowest BCUT2D eigenvalue weighted by atomic mass is 9.95. The summed E-state index contributed by atoms with van der Waals surface area (Å²) in [4.78, 5) is 14.3. The van der Waals surface area contributed by atoms with Crippen LogP contribution in [0.1, 0.15) is 36.4 Å². The molecule has 0 saturated carbocycles.